The lowest BCUT2D eigenvalue weighted by Crippen LogP contribution is -2.21. The van der Waals surface area contributed by atoms with Crippen LogP contribution in [0.1, 0.15) is 36.3 Å². The predicted molar refractivity (Wildman–Crippen MR) is 62.0 cm³/mol. The number of rotatable bonds is 3. The van der Waals surface area contributed by atoms with Gasteiger partial charge in [-0.25, -0.2) is 0 Å². The van der Waals surface area contributed by atoms with Crippen molar-refractivity contribution in [2.75, 3.05) is 5.88 Å². The van der Waals surface area contributed by atoms with E-state index in [-0.39, 0.29) is 0 Å². The van der Waals surface area contributed by atoms with Crippen molar-refractivity contribution in [3.63, 3.8) is 0 Å². The molecule has 14 heavy (non-hydrogen) atoms. The molecule has 1 unspecified atom stereocenters. The Morgan fingerprint density at radius 2 is 2.21 bits per heavy atom. The van der Waals surface area contributed by atoms with E-state index in [1.165, 1.54) is 30.4 Å². The molecule has 0 heterocycles. The fourth-order valence-electron chi connectivity index (χ4n) is 2.23. The van der Waals surface area contributed by atoms with Crippen LogP contribution in [0.15, 0.2) is 24.3 Å². The maximum Gasteiger partial charge on any atom is 0.0294 e. The molecule has 0 aromatic heterocycles. The molecular weight excluding hydrogens is 192 g/mol. The lowest BCUT2D eigenvalue weighted by Gasteiger charge is -2.33. The molecule has 0 nitrogen and oxygen atoms in total. The van der Waals surface area contributed by atoms with Gasteiger partial charge in [0, 0.05) is 11.8 Å². The van der Waals surface area contributed by atoms with Crippen molar-refractivity contribution in [1.29, 1.82) is 0 Å². The summed E-state index contributed by atoms with van der Waals surface area (Å²) in [6.07, 6.45) is 4.13. The van der Waals surface area contributed by atoms with Crippen LogP contribution in [0.5, 0.6) is 0 Å². The minimum absolute atomic E-state index is 0.588. The topological polar surface area (TPSA) is 0 Å². The first-order chi connectivity index (χ1) is 6.81. The van der Waals surface area contributed by atoms with Crippen LogP contribution >= 0.6 is 11.6 Å². The summed E-state index contributed by atoms with van der Waals surface area (Å²) < 4.78 is 0. The van der Waals surface area contributed by atoms with E-state index >= 15 is 0 Å². The van der Waals surface area contributed by atoms with Gasteiger partial charge in [-0.15, -0.1) is 11.6 Å². The minimum atomic E-state index is 0.588. The normalized spacial score (nSPS) is 19.0. The Bertz CT molecular complexity index is 302. The SMILES string of the molecule is Cc1cccc(C(CCl)C2CCC2)c1. The Balaban J connectivity index is 2.17. The van der Waals surface area contributed by atoms with Gasteiger partial charge in [-0.05, 0) is 31.2 Å². The Kier molecular flexibility index (Phi) is 3.12. The highest BCUT2D eigenvalue weighted by Crippen LogP contribution is 2.39. The largest absolute Gasteiger partial charge is 0.126 e. The van der Waals surface area contributed by atoms with Gasteiger partial charge < -0.3 is 0 Å². The summed E-state index contributed by atoms with van der Waals surface area (Å²) in [7, 11) is 0. The highest BCUT2D eigenvalue weighted by Gasteiger charge is 2.27. The highest BCUT2D eigenvalue weighted by atomic mass is 35.5. The third kappa shape index (κ3) is 1.95. The Labute approximate surface area is 91.3 Å². The number of benzene rings is 1. The van der Waals surface area contributed by atoms with Gasteiger partial charge in [0.15, 0.2) is 0 Å². The second-order valence-electron chi connectivity index (χ2n) is 4.37. The lowest BCUT2D eigenvalue weighted by molar-refractivity contribution is 0.274. The van der Waals surface area contributed by atoms with Crippen LogP contribution in [0.2, 0.25) is 0 Å². The Hall–Kier alpha value is -0.490. The average Bonchev–Trinajstić information content (AvgIpc) is 2.10. The van der Waals surface area contributed by atoms with Crippen molar-refractivity contribution in [2.24, 2.45) is 5.92 Å². The molecule has 76 valence electrons. The molecule has 0 amide bonds. The first kappa shape index (κ1) is 10.0. The van der Waals surface area contributed by atoms with Crippen molar-refractivity contribution in [2.45, 2.75) is 32.1 Å². The molecule has 0 spiro atoms. The van der Waals surface area contributed by atoms with E-state index < -0.39 is 0 Å². The van der Waals surface area contributed by atoms with Crippen molar-refractivity contribution < 1.29 is 0 Å². The first-order valence-electron chi connectivity index (χ1n) is 5.44. The summed E-state index contributed by atoms with van der Waals surface area (Å²) in [4.78, 5) is 0. The van der Waals surface area contributed by atoms with Crippen LogP contribution in [0.4, 0.5) is 0 Å². The standard InChI is InChI=1S/C13H17Cl/c1-10-4-2-7-12(8-10)13(9-14)11-5-3-6-11/h2,4,7-8,11,13H,3,5-6,9H2,1H3. The molecule has 1 heteroatoms. The summed E-state index contributed by atoms with van der Waals surface area (Å²) in [5.74, 6) is 2.20. The van der Waals surface area contributed by atoms with E-state index in [9.17, 15) is 0 Å². The summed E-state index contributed by atoms with van der Waals surface area (Å²) in [6.45, 7) is 2.15. The smallest absolute Gasteiger partial charge is 0.0294 e. The monoisotopic (exact) mass is 208 g/mol. The zero-order valence-electron chi connectivity index (χ0n) is 8.67. The van der Waals surface area contributed by atoms with E-state index in [1.54, 1.807) is 0 Å². The van der Waals surface area contributed by atoms with Gasteiger partial charge in [0.05, 0.1) is 0 Å². The summed E-state index contributed by atoms with van der Waals surface area (Å²) in [6, 6.07) is 8.79. The number of alkyl halides is 1. The molecule has 0 radical (unpaired) electrons. The summed E-state index contributed by atoms with van der Waals surface area (Å²) in [5, 5.41) is 0. The van der Waals surface area contributed by atoms with Gasteiger partial charge >= 0.3 is 0 Å². The molecule has 1 aromatic carbocycles. The van der Waals surface area contributed by atoms with Crippen molar-refractivity contribution in [3.05, 3.63) is 35.4 Å². The van der Waals surface area contributed by atoms with Crippen molar-refractivity contribution in [1.82, 2.24) is 0 Å². The van der Waals surface area contributed by atoms with Gasteiger partial charge in [-0.2, -0.15) is 0 Å². The van der Waals surface area contributed by atoms with Gasteiger partial charge in [0.2, 0.25) is 0 Å². The molecule has 1 aromatic rings. The number of hydrogen-bond acceptors (Lipinski definition) is 0. The molecule has 1 aliphatic carbocycles. The van der Waals surface area contributed by atoms with Gasteiger partial charge in [-0.3, -0.25) is 0 Å². The Morgan fingerprint density at radius 3 is 2.71 bits per heavy atom. The van der Waals surface area contributed by atoms with Crippen LogP contribution in [0.25, 0.3) is 0 Å². The zero-order valence-corrected chi connectivity index (χ0v) is 9.43. The number of aryl methyl sites for hydroxylation is 1. The molecule has 1 saturated carbocycles. The summed E-state index contributed by atoms with van der Waals surface area (Å²) >= 11 is 6.06. The molecule has 0 N–H and O–H groups in total. The summed E-state index contributed by atoms with van der Waals surface area (Å²) in [5.41, 5.74) is 2.78. The van der Waals surface area contributed by atoms with E-state index in [0.29, 0.717) is 5.92 Å². The van der Waals surface area contributed by atoms with Crippen LogP contribution in [0, 0.1) is 12.8 Å². The quantitative estimate of drug-likeness (QED) is 0.656. The van der Waals surface area contributed by atoms with Crippen LogP contribution in [0.3, 0.4) is 0 Å². The average molecular weight is 209 g/mol. The van der Waals surface area contributed by atoms with Gasteiger partial charge in [0.25, 0.3) is 0 Å². The fourth-order valence-corrected chi connectivity index (χ4v) is 2.66. The third-order valence-electron chi connectivity index (χ3n) is 3.36. The second kappa shape index (κ2) is 4.35. The van der Waals surface area contributed by atoms with Crippen LogP contribution < -0.4 is 0 Å². The zero-order chi connectivity index (χ0) is 9.97. The highest BCUT2D eigenvalue weighted by molar-refractivity contribution is 6.18. The van der Waals surface area contributed by atoms with E-state index in [2.05, 4.69) is 31.2 Å². The lowest BCUT2D eigenvalue weighted by atomic mass is 9.74. The maximum absolute atomic E-state index is 6.06. The van der Waals surface area contributed by atoms with E-state index in [4.69, 9.17) is 11.6 Å². The molecule has 0 aliphatic heterocycles. The third-order valence-corrected chi connectivity index (χ3v) is 3.69. The molecular formula is C13H17Cl. The second-order valence-corrected chi connectivity index (χ2v) is 4.67. The number of hydrogen-bond donors (Lipinski definition) is 0. The molecule has 0 saturated heterocycles. The van der Waals surface area contributed by atoms with Crippen LogP contribution in [-0.2, 0) is 0 Å². The van der Waals surface area contributed by atoms with E-state index in [0.717, 1.165) is 11.8 Å². The van der Waals surface area contributed by atoms with Gasteiger partial charge in [-0.1, -0.05) is 36.2 Å². The molecule has 1 aliphatic rings. The molecule has 1 atom stereocenters. The number of halogens is 1. The predicted octanol–water partition coefficient (Wildman–Crippen LogP) is 4.12. The Morgan fingerprint density at radius 1 is 1.43 bits per heavy atom. The molecule has 2 rings (SSSR count). The molecule has 0 bridgehead atoms. The van der Waals surface area contributed by atoms with Crippen molar-refractivity contribution in [3.8, 4) is 0 Å². The van der Waals surface area contributed by atoms with E-state index in [1.807, 2.05) is 0 Å². The fraction of sp³-hybridized carbons (Fsp3) is 0.538. The van der Waals surface area contributed by atoms with Crippen LogP contribution in [-0.4, -0.2) is 5.88 Å². The molecule has 1 fully saturated rings. The minimum Gasteiger partial charge on any atom is -0.126 e. The maximum atomic E-state index is 6.06. The van der Waals surface area contributed by atoms with Crippen molar-refractivity contribution >= 4 is 11.6 Å². The first-order valence-corrected chi connectivity index (χ1v) is 5.97. The van der Waals surface area contributed by atoms with Gasteiger partial charge in [0.1, 0.15) is 0 Å².